The van der Waals surface area contributed by atoms with Gasteiger partial charge in [-0.2, -0.15) is 5.10 Å². The highest BCUT2D eigenvalue weighted by molar-refractivity contribution is 5.91. The summed E-state index contributed by atoms with van der Waals surface area (Å²) in [5.74, 6) is 0.430. The first kappa shape index (κ1) is 17.0. The van der Waals surface area contributed by atoms with Crippen LogP contribution >= 0.6 is 0 Å². The lowest BCUT2D eigenvalue weighted by Gasteiger charge is -2.26. The number of nitrogens with one attached hydrogen (secondary N) is 1. The SMILES string of the molecule is O=C(COc1ccccc1)Nc1cnn(CC(=O)N2CCCCC2)c1. The normalized spacial score (nSPS) is 14.2. The van der Waals surface area contributed by atoms with Crippen LogP contribution in [0, 0.1) is 0 Å². The number of anilines is 1. The molecule has 0 saturated carbocycles. The van der Waals surface area contributed by atoms with E-state index in [4.69, 9.17) is 4.74 Å². The molecule has 1 saturated heterocycles. The summed E-state index contributed by atoms with van der Waals surface area (Å²) in [7, 11) is 0. The summed E-state index contributed by atoms with van der Waals surface area (Å²) in [4.78, 5) is 26.0. The van der Waals surface area contributed by atoms with Gasteiger partial charge in [-0.05, 0) is 31.4 Å². The van der Waals surface area contributed by atoms with Gasteiger partial charge in [-0.15, -0.1) is 0 Å². The van der Waals surface area contributed by atoms with Crippen molar-refractivity contribution in [2.75, 3.05) is 25.0 Å². The first-order valence-corrected chi connectivity index (χ1v) is 8.48. The third-order valence-corrected chi connectivity index (χ3v) is 4.04. The Balaban J connectivity index is 1.46. The summed E-state index contributed by atoms with van der Waals surface area (Å²) in [6, 6.07) is 9.15. The summed E-state index contributed by atoms with van der Waals surface area (Å²) >= 11 is 0. The van der Waals surface area contributed by atoms with Gasteiger partial charge in [0.05, 0.1) is 11.9 Å². The second-order valence-corrected chi connectivity index (χ2v) is 6.02. The van der Waals surface area contributed by atoms with E-state index in [2.05, 4.69) is 10.4 Å². The van der Waals surface area contributed by atoms with Crippen LogP contribution in [0.3, 0.4) is 0 Å². The van der Waals surface area contributed by atoms with Gasteiger partial charge in [0.2, 0.25) is 5.91 Å². The number of piperidine rings is 1. The number of carbonyl (C=O) groups is 2. The molecule has 1 N–H and O–H groups in total. The topological polar surface area (TPSA) is 76.5 Å². The maximum atomic E-state index is 12.2. The van der Waals surface area contributed by atoms with Crippen LogP contribution in [0.1, 0.15) is 19.3 Å². The van der Waals surface area contributed by atoms with E-state index in [1.807, 2.05) is 23.1 Å². The quantitative estimate of drug-likeness (QED) is 0.870. The number of para-hydroxylation sites is 1. The Bertz CT molecular complexity index is 708. The molecule has 1 aliphatic rings. The summed E-state index contributed by atoms with van der Waals surface area (Å²) in [5.41, 5.74) is 0.549. The minimum absolute atomic E-state index is 0.0630. The van der Waals surface area contributed by atoms with Crippen molar-refractivity contribution in [3.63, 3.8) is 0 Å². The highest BCUT2D eigenvalue weighted by Gasteiger charge is 2.17. The van der Waals surface area contributed by atoms with E-state index >= 15 is 0 Å². The van der Waals surface area contributed by atoms with Gasteiger partial charge in [0, 0.05) is 19.3 Å². The van der Waals surface area contributed by atoms with Gasteiger partial charge in [-0.1, -0.05) is 18.2 Å². The van der Waals surface area contributed by atoms with Gasteiger partial charge in [0.15, 0.2) is 6.61 Å². The van der Waals surface area contributed by atoms with Crippen LogP contribution in [0.5, 0.6) is 5.75 Å². The molecule has 1 aromatic heterocycles. The molecular weight excluding hydrogens is 320 g/mol. The molecule has 1 aliphatic heterocycles. The van der Waals surface area contributed by atoms with Crippen LogP contribution in [0.2, 0.25) is 0 Å². The largest absolute Gasteiger partial charge is 0.484 e. The Hall–Kier alpha value is -2.83. The van der Waals surface area contributed by atoms with Gasteiger partial charge in [0.25, 0.3) is 5.91 Å². The maximum absolute atomic E-state index is 12.2. The fraction of sp³-hybridized carbons (Fsp3) is 0.389. The first-order valence-electron chi connectivity index (χ1n) is 8.48. The molecule has 1 fully saturated rings. The van der Waals surface area contributed by atoms with Crippen molar-refractivity contribution in [3.8, 4) is 5.75 Å². The van der Waals surface area contributed by atoms with E-state index in [1.165, 1.54) is 12.6 Å². The van der Waals surface area contributed by atoms with E-state index in [0.717, 1.165) is 25.9 Å². The summed E-state index contributed by atoms with van der Waals surface area (Å²) < 4.78 is 6.94. The molecule has 1 aromatic carbocycles. The summed E-state index contributed by atoms with van der Waals surface area (Å²) in [6.07, 6.45) is 6.50. The van der Waals surface area contributed by atoms with Crippen molar-refractivity contribution < 1.29 is 14.3 Å². The molecule has 7 nitrogen and oxygen atoms in total. The minimum atomic E-state index is -0.272. The van der Waals surface area contributed by atoms with Gasteiger partial charge in [-0.25, -0.2) is 0 Å². The molecule has 3 rings (SSSR count). The van der Waals surface area contributed by atoms with Crippen molar-refractivity contribution in [1.82, 2.24) is 14.7 Å². The van der Waals surface area contributed by atoms with Gasteiger partial charge < -0.3 is 15.0 Å². The Morgan fingerprint density at radius 2 is 1.88 bits per heavy atom. The van der Waals surface area contributed by atoms with Crippen LogP contribution in [0.4, 0.5) is 5.69 Å². The molecule has 0 radical (unpaired) electrons. The van der Waals surface area contributed by atoms with E-state index in [1.54, 1.807) is 23.0 Å². The number of rotatable bonds is 6. The standard InChI is InChI=1S/C18H22N4O3/c23-17(14-25-16-7-3-1-4-8-16)20-15-11-19-22(12-15)13-18(24)21-9-5-2-6-10-21/h1,3-4,7-8,11-12H,2,5-6,9-10,13-14H2,(H,20,23). The van der Waals surface area contributed by atoms with E-state index in [-0.39, 0.29) is 25.0 Å². The van der Waals surface area contributed by atoms with Gasteiger partial charge in [-0.3, -0.25) is 14.3 Å². The lowest BCUT2D eigenvalue weighted by Crippen LogP contribution is -2.37. The molecule has 2 aromatic rings. The van der Waals surface area contributed by atoms with Crippen molar-refractivity contribution >= 4 is 17.5 Å². The third kappa shape index (κ3) is 5.07. The predicted molar refractivity (Wildman–Crippen MR) is 93.2 cm³/mol. The molecule has 0 aliphatic carbocycles. The average Bonchev–Trinajstić information content (AvgIpc) is 3.08. The zero-order chi connectivity index (χ0) is 17.5. The second kappa shape index (κ2) is 8.32. The number of carbonyl (C=O) groups excluding carboxylic acids is 2. The van der Waals surface area contributed by atoms with Gasteiger partial charge in [0.1, 0.15) is 12.3 Å². The van der Waals surface area contributed by atoms with Crippen LogP contribution in [0.25, 0.3) is 0 Å². The zero-order valence-corrected chi connectivity index (χ0v) is 14.1. The number of amides is 2. The lowest BCUT2D eigenvalue weighted by molar-refractivity contribution is -0.132. The molecule has 0 atom stereocenters. The fourth-order valence-electron chi connectivity index (χ4n) is 2.76. The Kier molecular flexibility index (Phi) is 5.66. The van der Waals surface area contributed by atoms with Gasteiger partial charge >= 0.3 is 0 Å². The van der Waals surface area contributed by atoms with E-state index in [9.17, 15) is 9.59 Å². The fourth-order valence-corrected chi connectivity index (χ4v) is 2.76. The second-order valence-electron chi connectivity index (χ2n) is 6.02. The number of hydrogen-bond donors (Lipinski definition) is 1. The minimum Gasteiger partial charge on any atom is -0.484 e. The number of nitrogens with zero attached hydrogens (tertiary/aromatic N) is 3. The molecule has 25 heavy (non-hydrogen) atoms. The van der Waals surface area contributed by atoms with E-state index in [0.29, 0.717) is 11.4 Å². The summed E-state index contributed by atoms with van der Waals surface area (Å²) in [5, 5.41) is 6.85. The van der Waals surface area contributed by atoms with Crippen molar-refractivity contribution in [3.05, 3.63) is 42.7 Å². The lowest BCUT2D eigenvalue weighted by atomic mass is 10.1. The van der Waals surface area contributed by atoms with Crippen LogP contribution in [-0.4, -0.2) is 46.2 Å². The molecular formula is C18H22N4O3. The van der Waals surface area contributed by atoms with Crippen LogP contribution in [-0.2, 0) is 16.1 Å². The number of benzene rings is 1. The smallest absolute Gasteiger partial charge is 0.262 e. The number of likely N-dealkylation sites (tertiary alicyclic amines) is 1. The van der Waals surface area contributed by atoms with Crippen molar-refractivity contribution in [1.29, 1.82) is 0 Å². The Morgan fingerprint density at radius 3 is 2.64 bits per heavy atom. The zero-order valence-electron chi connectivity index (χ0n) is 14.1. The third-order valence-electron chi connectivity index (χ3n) is 4.04. The van der Waals surface area contributed by atoms with Crippen LogP contribution in [0.15, 0.2) is 42.7 Å². The molecule has 0 spiro atoms. The van der Waals surface area contributed by atoms with Crippen molar-refractivity contribution in [2.24, 2.45) is 0 Å². The van der Waals surface area contributed by atoms with E-state index < -0.39 is 0 Å². The predicted octanol–water partition coefficient (Wildman–Crippen LogP) is 1.91. The first-order chi connectivity index (χ1) is 12.2. The number of hydrogen-bond acceptors (Lipinski definition) is 4. The highest BCUT2D eigenvalue weighted by atomic mass is 16.5. The Labute approximate surface area is 146 Å². The van der Waals surface area contributed by atoms with Crippen molar-refractivity contribution in [2.45, 2.75) is 25.8 Å². The van der Waals surface area contributed by atoms with Crippen LogP contribution < -0.4 is 10.1 Å². The molecule has 0 bridgehead atoms. The average molecular weight is 342 g/mol. The molecule has 0 unspecified atom stereocenters. The summed E-state index contributed by atoms with van der Waals surface area (Å²) in [6.45, 7) is 1.75. The maximum Gasteiger partial charge on any atom is 0.262 e. The number of ether oxygens (including phenoxy) is 1. The molecule has 2 amide bonds. The molecule has 132 valence electrons. The molecule has 2 heterocycles. The monoisotopic (exact) mass is 342 g/mol. The Morgan fingerprint density at radius 1 is 1.12 bits per heavy atom. The molecule has 7 heteroatoms. The number of aromatic nitrogens is 2. The highest BCUT2D eigenvalue weighted by Crippen LogP contribution is 2.11.